The molecule has 1 aromatic carbocycles. The number of ether oxygens (including phenoxy) is 1. The number of aryl methyl sites for hydroxylation is 1. The van der Waals surface area contributed by atoms with Crippen molar-refractivity contribution >= 4 is 0 Å². The Kier molecular flexibility index (Phi) is 6.88. The Hall–Kier alpha value is -2.07. The summed E-state index contributed by atoms with van der Waals surface area (Å²) in [5, 5.41) is 9.44. The molecule has 0 radical (unpaired) electrons. The first-order chi connectivity index (χ1) is 11.2. The van der Waals surface area contributed by atoms with Gasteiger partial charge in [0.2, 0.25) is 5.43 Å². The van der Waals surface area contributed by atoms with Crippen LogP contribution in [-0.2, 0) is 19.8 Å². The second kappa shape index (κ2) is 9.16. The fourth-order valence-electron chi connectivity index (χ4n) is 2.49. The minimum absolute atomic E-state index is 0.137. The number of nitrogens with zero attached hydrogens (tertiary/aromatic N) is 1. The highest BCUT2D eigenvalue weighted by Gasteiger charge is 2.07. The molecule has 0 saturated carbocycles. The highest BCUT2D eigenvalue weighted by Crippen LogP contribution is 2.12. The molecule has 1 aromatic heterocycles. The molecule has 0 aliphatic heterocycles. The molecule has 2 rings (SSSR count). The van der Waals surface area contributed by atoms with E-state index in [1.807, 2.05) is 34.9 Å². The van der Waals surface area contributed by atoms with E-state index < -0.39 is 0 Å². The lowest BCUT2D eigenvalue weighted by atomic mass is 10.2. The van der Waals surface area contributed by atoms with E-state index in [-0.39, 0.29) is 12.0 Å². The lowest BCUT2D eigenvalue weighted by Gasteiger charge is -2.14. The van der Waals surface area contributed by atoms with Gasteiger partial charge in [0.05, 0.1) is 12.8 Å². The summed E-state index contributed by atoms with van der Waals surface area (Å²) in [6.07, 6.45) is 6.28. The van der Waals surface area contributed by atoms with E-state index in [9.17, 15) is 9.90 Å². The molecular formula is C19H25NO3. The first-order valence-corrected chi connectivity index (χ1v) is 8.25. The van der Waals surface area contributed by atoms with Crippen LogP contribution in [0.25, 0.3) is 0 Å². The minimum atomic E-state index is -0.185. The summed E-state index contributed by atoms with van der Waals surface area (Å²) in [6, 6.07) is 11.2. The molecule has 0 atom stereocenters. The molecule has 124 valence electrons. The average molecular weight is 315 g/mol. The van der Waals surface area contributed by atoms with Gasteiger partial charge in [0.15, 0.2) is 5.75 Å². The standard InChI is InChI=1S/C19H25NO3/c1-2-3-4-8-11-20-13-19(18(22)12-17(20)14-21)23-15-16-9-6-5-7-10-16/h5-7,9-10,12-13,21H,2-4,8,11,14-15H2,1H3. The number of benzene rings is 1. The fraction of sp³-hybridized carbons (Fsp3) is 0.421. The number of aromatic nitrogens is 1. The van der Waals surface area contributed by atoms with E-state index in [0.717, 1.165) is 24.9 Å². The van der Waals surface area contributed by atoms with Gasteiger partial charge in [-0.2, -0.15) is 0 Å². The second-order valence-corrected chi connectivity index (χ2v) is 5.68. The van der Waals surface area contributed by atoms with Gasteiger partial charge >= 0.3 is 0 Å². The highest BCUT2D eigenvalue weighted by atomic mass is 16.5. The quantitative estimate of drug-likeness (QED) is 0.721. The van der Waals surface area contributed by atoms with Gasteiger partial charge in [0.1, 0.15) is 6.61 Å². The molecule has 23 heavy (non-hydrogen) atoms. The highest BCUT2D eigenvalue weighted by molar-refractivity contribution is 5.23. The third kappa shape index (κ3) is 5.25. The van der Waals surface area contributed by atoms with Crippen LogP contribution in [-0.4, -0.2) is 9.67 Å². The number of hydrogen-bond acceptors (Lipinski definition) is 3. The number of pyridine rings is 1. The smallest absolute Gasteiger partial charge is 0.223 e. The lowest BCUT2D eigenvalue weighted by molar-refractivity contribution is 0.264. The summed E-state index contributed by atoms with van der Waals surface area (Å²) < 4.78 is 7.60. The van der Waals surface area contributed by atoms with E-state index in [4.69, 9.17) is 4.74 Å². The molecular weight excluding hydrogens is 290 g/mol. The van der Waals surface area contributed by atoms with Gasteiger partial charge < -0.3 is 14.4 Å². The van der Waals surface area contributed by atoms with Crippen molar-refractivity contribution in [3.63, 3.8) is 0 Å². The maximum atomic E-state index is 12.1. The van der Waals surface area contributed by atoms with Crippen LogP contribution in [0.2, 0.25) is 0 Å². The van der Waals surface area contributed by atoms with Crippen molar-refractivity contribution in [3.05, 3.63) is 64.1 Å². The van der Waals surface area contributed by atoms with Gasteiger partial charge in [-0.25, -0.2) is 0 Å². The normalized spacial score (nSPS) is 10.7. The summed E-state index contributed by atoms with van der Waals surface area (Å²) in [4.78, 5) is 12.1. The monoisotopic (exact) mass is 315 g/mol. The Labute approximate surface area is 137 Å². The number of aliphatic hydroxyl groups excluding tert-OH is 1. The van der Waals surface area contributed by atoms with E-state index in [1.165, 1.54) is 18.9 Å². The zero-order chi connectivity index (χ0) is 16.5. The second-order valence-electron chi connectivity index (χ2n) is 5.68. The van der Waals surface area contributed by atoms with Crippen molar-refractivity contribution in [1.29, 1.82) is 0 Å². The van der Waals surface area contributed by atoms with Gasteiger partial charge in [-0.1, -0.05) is 56.5 Å². The summed E-state index contributed by atoms with van der Waals surface area (Å²) in [5.74, 6) is 0.335. The van der Waals surface area contributed by atoms with Crippen LogP contribution < -0.4 is 10.2 Å². The molecule has 4 nitrogen and oxygen atoms in total. The molecule has 0 unspecified atom stereocenters. The Morgan fingerprint density at radius 3 is 2.61 bits per heavy atom. The lowest BCUT2D eigenvalue weighted by Crippen LogP contribution is -2.15. The van der Waals surface area contributed by atoms with Gasteiger partial charge in [0.25, 0.3) is 0 Å². The van der Waals surface area contributed by atoms with Crippen LogP contribution in [0, 0.1) is 0 Å². The Balaban J connectivity index is 2.07. The molecule has 1 heterocycles. The SMILES string of the molecule is CCCCCCn1cc(OCc2ccccc2)c(=O)cc1CO. The van der Waals surface area contributed by atoms with Crippen LogP contribution in [0.15, 0.2) is 47.4 Å². The first kappa shape index (κ1) is 17.3. The van der Waals surface area contributed by atoms with Crippen LogP contribution in [0.4, 0.5) is 0 Å². The molecule has 0 bridgehead atoms. The van der Waals surface area contributed by atoms with Crippen molar-refractivity contribution in [3.8, 4) is 5.75 Å². The summed E-state index contributed by atoms with van der Waals surface area (Å²) in [6.45, 7) is 3.19. The average Bonchev–Trinajstić information content (AvgIpc) is 2.59. The van der Waals surface area contributed by atoms with Crippen LogP contribution in [0.1, 0.15) is 43.9 Å². The molecule has 0 fully saturated rings. The van der Waals surface area contributed by atoms with Crippen molar-refractivity contribution in [2.45, 2.75) is 52.4 Å². The predicted octanol–water partition coefficient (Wildman–Crippen LogP) is 3.50. The third-order valence-electron chi connectivity index (χ3n) is 3.83. The molecule has 0 spiro atoms. The van der Waals surface area contributed by atoms with Crippen LogP contribution in [0.5, 0.6) is 5.75 Å². The molecule has 1 N–H and O–H groups in total. The Bertz CT molecular complexity index is 649. The zero-order valence-electron chi connectivity index (χ0n) is 13.7. The topological polar surface area (TPSA) is 51.5 Å². The molecule has 4 heteroatoms. The molecule has 2 aromatic rings. The Morgan fingerprint density at radius 1 is 1.13 bits per heavy atom. The predicted molar refractivity (Wildman–Crippen MR) is 91.5 cm³/mol. The molecule has 0 saturated heterocycles. The Morgan fingerprint density at radius 2 is 1.91 bits per heavy atom. The first-order valence-electron chi connectivity index (χ1n) is 8.25. The zero-order valence-corrected chi connectivity index (χ0v) is 13.7. The summed E-state index contributed by atoms with van der Waals surface area (Å²) in [5.41, 5.74) is 1.47. The van der Waals surface area contributed by atoms with E-state index in [0.29, 0.717) is 18.1 Å². The van der Waals surface area contributed by atoms with Crippen LogP contribution in [0.3, 0.4) is 0 Å². The van der Waals surface area contributed by atoms with E-state index in [1.54, 1.807) is 6.20 Å². The maximum Gasteiger partial charge on any atom is 0.223 e. The van der Waals surface area contributed by atoms with Crippen LogP contribution >= 0.6 is 0 Å². The largest absolute Gasteiger partial charge is 0.483 e. The molecule has 0 amide bonds. The van der Waals surface area contributed by atoms with Gasteiger partial charge in [-0.05, 0) is 12.0 Å². The van der Waals surface area contributed by atoms with Gasteiger partial charge in [-0.15, -0.1) is 0 Å². The van der Waals surface area contributed by atoms with E-state index in [2.05, 4.69) is 6.92 Å². The fourth-order valence-corrected chi connectivity index (χ4v) is 2.49. The third-order valence-corrected chi connectivity index (χ3v) is 3.83. The van der Waals surface area contributed by atoms with Crippen molar-refractivity contribution in [2.24, 2.45) is 0 Å². The molecule has 0 aliphatic rings. The number of rotatable bonds is 9. The summed E-state index contributed by atoms with van der Waals surface area (Å²) in [7, 11) is 0. The van der Waals surface area contributed by atoms with Gasteiger partial charge in [0, 0.05) is 18.3 Å². The maximum absolute atomic E-state index is 12.1. The minimum Gasteiger partial charge on any atom is -0.483 e. The van der Waals surface area contributed by atoms with Crippen molar-refractivity contribution in [1.82, 2.24) is 4.57 Å². The van der Waals surface area contributed by atoms with Crippen molar-refractivity contribution < 1.29 is 9.84 Å². The number of unbranched alkanes of at least 4 members (excludes halogenated alkanes) is 3. The summed E-state index contributed by atoms with van der Waals surface area (Å²) >= 11 is 0. The van der Waals surface area contributed by atoms with Crippen molar-refractivity contribution in [2.75, 3.05) is 0 Å². The van der Waals surface area contributed by atoms with Gasteiger partial charge in [-0.3, -0.25) is 4.79 Å². The number of aliphatic hydroxyl groups is 1. The molecule has 0 aliphatic carbocycles. The van der Waals surface area contributed by atoms with E-state index >= 15 is 0 Å². The number of hydrogen-bond donors (Lipinski definition) is 1.